The smallest absolute Gasteiger partial charge is 0.246 e. The largest absolute Gasteiger partial charge is 0.345 e. The Balaban J connectivity index is 2.08. The highest BCUT2D eigenvalue weighted by Gasteiger charge is 2.13. The van der Waals surface area contributed by atoms with Crippen LogP contribution in [-0.4, -0.2) is 27.6 Å². The maximum Gasteiger partial charge on any atom is 0.246 e. The zero-order chi connectivity index (χ0) is 14.5. The fourth-order valence-electron chi connectivity index (χ4n) is 1.77. The lowest BCUT2D eigenvalue weighted by Crippen LogP contribution is -2.40. The molecule has 2 N–H and O–H groups in total. The summed E-state index contributed by atoms with van der Waals surface area (Å²) in [5.74, 6) is -0.504. The normalized spacial score (nSPS) is 11.7. The number of hydrogen-bond donors (Lipinski definition) is 2. The van der Waals surface area contributed by atoms with Gasteiger partial charge in [0.1, 0.15) is 6.04 Å². The Morgan fingerprint density at radius 1 is 1.30 bits per heavy atom. The molecule has 0 aliphatic rings. The fraction of sp³-hybridized carbons (Fsp3) is 0.214. The molecule has 1 aromatic carbocycles. The van der Waals surface area contributed by atoms with E-state index in [1.165, 1.54) is 6.92 Å². The van der Waals surface area contributed by atoms with Crippen molar-refractivity contribution < 1.29 is 9.59 Å². The average Bonchev–Trinajstić information content (AvgIpc) is 2.92. The van der Waals surface area contributed by atoms with E-state index < -0.39 is 6.04 Å². The van der Waals surface area contributed by atoms with Gasteiger partial charge in [0, 0.05) is 25.0 Å². The Labute approximate surface area is 116 Å². The maximum absolute atomic E-state index is 11.9. The highest BCUT2D eigenvalue weighted by molar-refractivity contribution is 5.96. The maximum atomic E-state index is 11.9. The van der Waals surface area contributed by atoms with Crippen LogP contribution in [0.5, 0.6) is 0 Å². The number of carbonyl (C=O) groups is 2. The molecule has 2 aromatic rings. The zero-order valence-corrected chi connectivity index (χ0v) is 11.3. The van der Waals surface area contributed by atoms with Crippen molar-refractivity contribution in [1.82, 2.24) is 15.1 Å². The van der Waals surface area contributed by atoms with Gasteiger partial charge in [0.2, 0.25) is 11.8 Å². The number of benzene rings is 1. The summed E-state index contributed by atoms with van der Waals surface area (Å²) in [6.45, 7) is 3.01. The molecule has 0 aliphatic carbocycles. The van der Waals surface area contributed by atoms with Crippen LogP contribution in [0.1, 0.15) is 13.8 Å². The monoisotopic (exact) mass is 272 g/mol. The fourth-order valence-corrected chi connectivity index (χ4v) is 1.77. The summed E-state index contributed by atoms with van der Waals surface area (Å²) in [6.07, 6.45) is 3.50. The predicted molar refractivity (Wildman–Crippen MR) is 75.5 cm³/mol. The number of hydrogen-bond acceptors (Lipinski definition) is 3. The van der Waals surface area contributed by atoms with Gasteiger partial charge in [-0.2, -0.15) is 5.10 Å². The molecule has 6 nitrogen and oxygen atoms in total. The Bertz CT molecular complexity index is 607. The topological polar surface area (TPSA) is 76.0 Å². The van der Waals surface area contributed by atoms with Crippen molar-refractivity contribution >= 4 is 17.5 Å². The first-order valence-corrected chi connectivity index (χ1v) is 6.24. The van der Waals surface area contributed by atoms with Crippen LogP contribution in [-0.2, 0) is 9.59 Å². The Kier molecular flexibility index (Phi) is 4.14. The molecule has 0 radical (unpaired) electrons. The van der Waals surface area contributed by atoms with Gasteiger partial charge in [0.15, 0.2) is 0 Å². The van der Waals surface area contributed by atoms with E-state index >= 15 is 0 Å². The third kappa shape index (κ3) is 3.44. The molecule has 0 spiro atoms. The van der Waals surface area contributed by atoms with Crippen LogP contribution >= 0.6 is 0 Å². The van der Waals surface area contributed by atoms with Crippen LogP contribution in [0.4, 0.5) is 5.69 Å². The third-order valence-corrected chi connectivity index (χ3v) is 2.70. The van der Waals surface area contributed by atoms with Gasteiger partial charge in [-0.15, -0.1) is 0 Å². The van der Waals surface area contributed by atoms with Gasteiger partial charge in [-0.25, -0.2) is 4.68 Å². The SMILES string of the molecule is CC(=O)N[C@@H](C)C(=O)Nc1cccc(-n2cccn2)c1. The summed E-state index contributed by atoms with van der Waals surface area (Å²) < 4.78 is 1.70. The van der Waals surface area contributed by atoms with Gasteiger partial charge in [-0.3, -0.25) is 9.59 Å². The molecule has 0 unspecified atom stereocenters. The van der Waals surface area contributed by atoms with Crippen molar-refractivity contribution in [2.75, 3.05) is 5.32 Å². The Hall–Kier alpha value is -2.63. The lowest BCUT2D eigenvalue weighted by molar-refractivity contribution is -0.124. The molecule has 6 heteroatoms. The Morgan fingerprint density at radius 3 is 2.75 bits per heavy atom. The highest BCUT2D eigenvalue weighted by atomic mass is 16.2. The van der Waals surface area contributed by atoms with E-state index in [-0.39, 0.29) is 11.8 Å². The second-order valence-electron chi connectivity index (χ2n) is 4.41. The summed E-state index contributed by atoms with van der Waals surface area (Å²) in [7, 11) is 0. The molecule has 2 amide bonds. The lowest BCUT2D eigenvalue weighted by Gasteiger charge is -2.13. The molecule has 104 valence electrons. The molecule has 20 heavy (non-hydrogen) atoms. The van der Waals surface area contributed by atoms with Gasteiger partial charge in [-0.1, -0.05) is 6.07 Å². The molecule has 0 saturated carbocycles. The van der Waals surface area contributed by atoms with E-state index in [1.807, 2.05) is 30.5 Å². The summed E-state index contributed by atoms with van der Waals surface area (Å²) in [6, 6.07) is 8.55. The van der Waals surface area contributed by atoms with Gasteiger partial charge in [0.05, 0.1) is 5.69 Å². The standard InChI is InChI=1S/C14H16N4O2/c1-10(16-11(2)19)14(20)17-12-5-3-6-13(9-12)18-8-4-7-15-18/h3-10H,1-2H3,(H,16,19)(H,17,20)/t10-/m0/s1. The van der Waals surface area contributed by atoms with E-state index in [0.717, 1.165) is 5.69 Å². The minimum atomic E-state index is -0.583. The average molecular weight is 272 g/mol. The van der Waals surface area contributed by atoms with Crippen LogP contribution in [0.3, 0.4) is 0 Å². The van der Waals surface area contributed by atoms with E-state index in [1.54, 1.807) is 23.9 Å². The molecular weight excluding hydrogens is 256 g/mol. The van der Waals surface area contributed by atoms with Gasteiger partial charge >= 0.3 is 0 Å². The second kappa shape index (κ2) is 6.01. The molecule has 1 heterocycles. The molecule has 2 rings (SSSR count). The number of nitrogens with one attached hydrogen (secondary N) is 2. The summed E-state index contributed by atoms with van der Waals surface area (Å²) >= 11 is 0. The summed E-state index contributed by atoms with van der Waals surface area (Å²) in [5, 5.41) is 9.42. The molecule has 0 fully saturated rings. The minimum absolute atomic E-state index is 0.238. The van der Waals surface area contributed by atoms with Crippen molar-refractivity contribution in [3.63, 3.8) is 0 Å². The van der Waals surface area contributed by atoms with Crippen molar-refractivity contribution in [2.45, 2.75) is 19.9 Å². The number of anilines is 1. The Morgan fingerprint density at radius 2 is 2.10 bits per heavy atom. The van der Waals surface area contributed by atoms with Crippen LogP contribution < -0.4 is 10.6 Å². The lowest BCUT2D eigenvalue weighted by atomic mass is 10.2. The molecule has 0 saturated heterocycles. The first kappa shape index (κ1) is 13.8. The molecular formula is C14H16N4O2. The van der Waals surface area contributed by atoms with Crippen molar-refractivity contribution in [1.29, 1.82) is 0 Å². The summed E-state index contributed by atoms with van der Waals surface area (Å²) in [4.78, 5) is 22.8. The third-order valence-electron chi connectivity index (χ3n) is 2.70. The molecule has 0 aliphatic heterocycles. The molecule has 1 aromatic heterocycles. The van der Waals surface area contributed by atoms with Crippen molar-refractivity contribution in [3.05, 3.63) is 42.7 Å². The van der Waals surface area contributed by atoms with E-state index in [2.05, 4.69) is 15.7 Å². The number of rotatable bonds is 4. The van der Waals surface area contributed by atoms with E-state index in [4.69, 9.17) is 0 Å². The van der Waals surface area contributed by atoms with Crippen molar-refractivity contribution in [3.8, 4) is 5.69 Å². The minimum Gasteiger partial charge on any atom is -0.345 e. The van der Waals surface area contributed by atoms with Crippen LogP contribution in [0.25, 0.3) is 5.69 Å². The number of amides is 2. The predicted octanol–water partition coefficient (Wildman–Crippen LogP) is 1.34. The van der Waals surface area contributed by atoms with Crippen molar-refractivity contribution in [2.24, 2.45) is 0 Å². The van der Waals surface area contributed by atoms with Gasteiger partial charge < -0.3 is 10.6 Å². The van der Waals surface area contributed by atoms with Gasteiger partial charge in [-0.05, 0) is 31.2 Å². The quantitative estimate of drug-likeness (QED) is 0.881. The van der Waals surface area contributed by atoms with Crippen LogP contribution in [0.15, 0.2) is 42.7 Å². The van der Waals surface area contributed by atoms with E-state index in [0.29, 0.717) is 5.69 Å². The number of aromatic nitrogens is 2. The highest BCUT2D eigenvalue weighted by Crippen LogP contribution is 2.14. The number of carbonyl (C=O) groups excluding carboxylic acids is 2. The van der Waals surface area contributed by atoms with E-state index in [9.17, 15) is 9.59 Å². The first-order valence-electron chi connectivity index (χ1n) is 6.24. The van der Waals surface area contributed by atoms with Gasteiger partial charge in [0.25, 0.3) is 0 Å². The summed E-state index contributed by atoms with van der Waals surface area (Å²) in [5.41, 5.74) is 1.50. The number of nitrogens with zero attached hydrogens (tertiary/aromatic N) is 2. The second-order valence-corrected chi connectivity index (χ2v) is 4.41. The molecule has 1 atom stereocenters. The van der Waals surface area contributed by atoms with Crippen LogP contribution in [0, 0.1) is 0 Å². The first-order chi connectivity index (χ1) is 9.56. The zero-order valence-electron chi connectivity index (χ0n) is 11.3. The van der Waals surface area contributed by atoms with Crippen LogP contribution in [0.2, 0.25) is 0 Å². The molecule has 0 bridgehead atoms.